The Bertz CT molecular complexity index is 717. The molecule has 0 radical (unpaired) electrons. The summed E-state index contributed by atoms with van der Waals surface area (Å²) in [6.45, 7) is 3.89. The van der Waals surface area contributed by atoms with Crippen molar-refractivity contribution in [3.8, 4) is 0 Å². The van der Waals surface area contributed by atoms with Crippen LogP contribution in [0, 0.1) is 13.8 Å². The summed E-state index contributed by atoms with van der Waals surface area (Å²) in [5.41, 5.74) is 2.76. The van der Waals surface area contributed by atoms with Gasteiger partial charge in [-0.2, -0.15) is 0 Å². The van der Waals surface area contributed by atoms with Crippen molar-refractivity contribution in [2.24, 2.45) is 0 Å². The minimum Gasteiger partial charge on any atom is -0.289 e. The molecule has 0 atom stereocenters. The van der Waals surface area contributed by atoms with Gasteiger partial charge in [-0.3, -0.25) is 9.36 Å². The van der Waals surface area contributed by atoms with Crippen molar-refractivity contribution in [3.63, 3.8) is 0 Å². The van der Waals surface area contributed by atoms with Crippen LogP contribution in [0.4, 0.5) is 0 Å². The molecular formula is C15H19N3OS. The molecule has 2 heterocycles. The van der Waals surface area contributed by atoms with Crippen molar-refractivity contribution in [2.45, 2.75) is 50.7 Å². The second kappa shape index (κ2) is 5.20. The van der Waals surface area contributed by atoms with Crippen molar-refractivity contribution < 1.29 is 0 Å². The van der Waals surface area contributed by atoms with E-state index in [0.29, 0.717) is 6.04 Å². The average molecular weight is 289 g/mol. The monoisotopic (exact) mass is 289 g/mol. The van der Waals surface area contributed by atoms with E-state index in [1.165, 1.54) is 24.6 Å². The van der Waals surface area contributed by atoms with Gasteiger partial charge in [-0.15, -0.1) is 0 Å². The van der Waals surface area contributed by atoms with Gasteiger partial charge >= 0.3 is 0 Å². The molecular weight excluding hydrogens is 270 g/mol. The summed E-state index contributed by atoms with van der Waals surface area (Å²) >= 11 is 1.51. The van der Waals surface area contributed by atoms with E-state index in [1.807, 2.05) is 30.9 Å². The number of fused-ring (bicyclic) bond motifs is 1. The van der Waals surface area contributed by atoms with E-state index in [0.717, 1.165) is 40.2 Å². The summed E-state index contributed by atoms with van der Waals surface area (Å²) in [6, 6.07) is 0.300. The fourth-order valence-electron chi connectivity index (χ4n) is 3.04. The lowest BCUT2D eigenvalue weighted by Gasteiger charge is -2.18. The second-order valence-corrected chi connectivity index (χ2v) is 6.23. The first kappa shape index (κ1) is 13.6. The Balaban J connectivity index is 2.37. The summed E-state index contributed by atoms with van der Waals surface area (Å²) in [6.07, 6.45) is 8.38. The lowest BCUT2D eigenvalue weighted by atomic mass is 10.1. The quantitative estimate of drug-likeness (QED) is 0.629. The molecule has 1 aliphatic carbocycles. The van der Waals surface area contributed by atoms with E-state index in [2.05, 4.69) is 9.97 Å². The van der Waals surface area contributed by atoms with Crippen LogP contribution in [0.3, 0.4) is 0 Å². The van der Waals surface area contributed by atoms with E-state index in [-0.39, 0.29) is 5.56 Å². The maximum atomic E-state index is 12.7. The minimum absolute atomic E-state index is 0.118. The predicted molar refractivity (Wildman–Crippen MR) is 82.6 cm³/mol. The standard InChI is InChI=1S/C15H19N3OS/c1-9-10(2)14(19)18(11-6-4-5-7-11)13-12(9)8-16-15(17-13)20-3/h8,11H,4-7H2,1-3H3. The zero-order chi connectivity index (χ0) is 14.3. The van der Waals surface area contributed by atoms with Crippen LogP contribution in [0.15, 0.2) is 16.1 Å². The summed E-state index contributed by atoms with van der Waals surface area (Å²) < 4.78 is 1.92. The first-order valence-corrected chi connectivity index (χ1v) is 8.28. The molecule has 0 bridgehead atoms. The molecule has 1 fully saturated rings. The largest absolute Gasteiger partial charge is 0.289 e. The Morgan fingerprint density at radius 1 is 1.25 bits per heavy atom. The molecule has 0 N–H and O–H groups in total. The van der Waals surface area contributed by atoms with Crippen molar-refractivity contribution in [2.75, 3.05) is 6.26 Å². The molecule has 2 aromatic rings. The highest BCUT2D eigenvalue weighted by Crippen LogP contribution is 2.31. The highest BCUT2D eigenvalue weighted by Gasteiger charge is 2.23. The Hall–Kier alpha value is -1.36. The zero-order valence-electron chi connectivity index (χ0n) is 12.1. The zero-order valence-corrected chi connectivity index (χ0v) is 13.0. The van der Waals surface area contributed by atoms with Gasteiger partial charge in [-0.1, -0.05) is 24.6 Å². The Morgan fingerprint density at radius 2 is 1.95 bits per heavy atom. The van der Waals surface area contributed by atoms with Gasteiger partial charge in [0.05, 0.1) is 0 Å². The summed E-state index contributed by atoms with van der Waals surface area (Å²) in [7, 11) is 0. The van der Waals surface area contributed by atoms with Crippen LogP contribution in [0.5, 0.6) is 0 Å². The molecule has 5 heteroatoms. The number of rotatable bonds is 2. The van der Waals surface area contributed by atoms with E-state index in [9.17, 15) is 4.79 Å². The van der Waals surface area contributed by atoms with E-state index in [1.54, 1.807) is 0 Å². The molecule has 106 valence electrons. The van der Waals surface area contributed by atoms with E-state index < -0.39 is 0 Å². The van der Waals surface area contributed by atoms with Crippen LogP contribution in [-0.4, -0.2) is 20.8 Å². The molecule has 0 spiro atoms. The molecule has 0 aliphatic heterocycles. The smallest absolute Gasteiger partial charge is 0.255 e. The SMILES string of the molecule is CSc1ncc2c(C)c(C)c(=O)n(C3CCCC3)c2n1. The van der Waals surface area contributed by atoms with Crippen LogP contribution in [0.25, 0.3) is 11.0 Å². The van der Waals surface area contributed by atoms with Crippen molar-refractivity contribution in [1.82, 2.24) is 14.5 Å². The van der Waals surface area contributed by atoms with Gasteiger partial charge in [0, 0.05) is 23.2 Å². The average Bonchev–Trinajstić information content (AvgIpc) is 2.98. The van der Waals surface area contributed by atoms with Crippen LogP contribution < -0.4 is 5.56 Å². The molecule has 3 rings (SSSR count). The third-order valence-electron chi connectivity index (χ3n) is 4.35. The number of aromatic nitrogens is 3. The molecule has 0 amide bonds. The van der Waals surface area contributed by atoms with Crippen LogP contribution in [-0.2, 0) is 0 Å². The van der Waals surface area contributed by atoms with Gasteiger partial charge in [0.15, 0.2) is 5.16 Å². The Morgan fingerprint density at radius 3 is 2.60 bits per heavy atom. The molecule has 4 nitrogen and oxygen atoms in total. The lowest BCUT2D eigenvalue weighted by molar-refractivity contribution is 0.512. The number of aryl methyl sites for hydroxylation is 1. The van der Waals surface area contributed by atoms with Crippen LogP contribution >= 0.6 is 11.8 Å². The molecule has 0 saturated heterocycles. The third kappa shape index (κ3) is 2.04. The summed E-state index contributed by atoms with van der Waals surface area (Å²) in [4.78, 5) is 21.7. The van der Waals surface area contributed by atoms with Crippen molar-refractivity contribution in [1.29, 1.82) is 0 Å². The number of pyridine rings is 1. The third-order valence-corrected chi connectivity index (χ3v) is 4.92. The topological polar surface area (TPSA) is 47.8 Å². The Kier molecular flexibility index (Phi) is 3.54. The van der Waals surface area contributed by atoms with Gasteiger partial charge in [-0.25, -0.2) is 9.97 Å². The highest BCUT2D eigenvalue weighted by molar-refractivity contribution is 7.98. The fourth-order valence-corrected chi connectivity index (χ4v) is 3.38. The normalized spacial score (nSPS) is 16.1. The highest BCUT2D eigenvalue weighted by atomic mass is 32.2. The van der Waals surface area contributed by atoms with Crippen molar-refractivity contribution in [3.05, 3.63) is 27.7 Å². The van der Waals surface area contributed by atoms with Gasteiger partial charge < -0.3 is 0 Å². The maximum Gasteiger partial charge on any atom is 0.255 e. The number of hydrogen-bond donors (Lipinski definition) is 0. The van der Waals surface area contributed by atoms with Crippen LogP contribution in [0.2, 0.25) is 0 Å². The van der Waals surface area contributed by atoms with E-state index in [4.69, 9.17) is 0 Å². The lowest BCUT2D eigenvalue weighted by Crippen LogP contribution is -2.27. The van der Waals surface area contributed by atoms with E-state index >= 15 is 0 Å². The molecule has 0 unspecified atom stereocenters. The molecule has 0 aromatic carbocycles. The molecule has 1 saturated carbocycles. The molecule has 20 heavy (non-hydrogen) atoms. The van der Waals surface area contributed by atoms with Crippen molar-refractivity contribution >= 4 is 22.8 Å². The molecule has 2 aromatic heterocycles. The second-order valence-electron chi connectivity index (χ2n) is 5.46. The first-order valence-electron chi connectivity index (χ1n) is 7.06. The number of hydrogen-bond acceptors (Lipinski definition) is 4. The maximum absolute atomic E-state index is 12.7. The van der Waals surface area contributed by atoms with Gasteiger partial charge in [0.25, 0.3) is 5.56 Å². The van der Waals surface area contributed by atoms with Crippen LogP contribution in [0.1, 0.15) is 42.9 Å². The van der Waals surface area contributed by atoms with Gasteiger partial charge in [0.2, 0.25) is 0 Å². The molecule has 1 aliphatic rings. The van der Waals surface area contributed by atoms with Gasteiger partial charge in [0.1, 0.15) is 5.65 Å². The summed E-state index contributed by atoms with van der Waals surface area (Å²) in [5.74, 6) is 0. The minimum atomic E-state index is 0.118. The Labute approximate surface area is 122 Å². The fraction of sp³-hybridized carbons (Fsp3) is 0.533. The predicted octanol–water partition coefficient (Wildman–Crippen LogP) is 3.25. The van der Waals surface area contributed by atoms with Gasteiger partial charge in [-0.05, 0) is 38.5 Å². The number of nitrogens with zero attached hydrogens (tertiary/aromatic N) is 3. The number of thioether (sulfide) groups is 1. The first-order chi connectivity index (χ1) is 9.63. The summed E-state index contributed by atoms with van der Waals surface area (Å²) in [5, 5.41) is 1.73.